The number of ether oxygens (including phenoxy) is 2. The molecule has 2 N–H and O–H groups in total. The van der Waals surface area contributed by atoms with E-state index in [1.54, 1.807) is 18.2 Å². The van der Waals surface area contributed by atoms with E-state index in [0.29, 0.717) is 49.4 Å². The molecular formula is C22H35N3O4. The second-order valence-corrected chi connectivity index (χ2v) is 7.47. The molecule has 0 aromatic heterocycles. The molecule has 0 aliphatic heterocycles. The Hall–Kier alpha value is -2.28. The van der Waals surface area contributed by atoms with Crippen molar-refractivity contribution in [3.8, 4) is 11.5 Å². The van der Waals surface area contributed by atoms with E-state index in [1.165, 1.54) is 19.3 Å². The van der Waals surface area contributed by atoms with Crippen molar-refractivity contribution in [2.75, 3.05) is 38.7 Å². The van der Waals surface area contributed by atoms with Crippen LogP contribution in [-0.2, 0) is 9.59 Å². The summed E-state index contributed by atoms with van der Waals surface area (Å²) in [4.78, 5) is 26.3. The first-order valence-electron chi connectivity index (χ1n) is 10.7. The van der Waals surface area contributed by atoms with Crippen LogP contribution in [0.1, 0.15) is 52.4 Å². The molecule has 0 unspecified atom stereocenters. The van der Waals surface area contributed by atoms with E-state index < -0.39 is 0 Å². The second kappa shape index (κ2) is 12.3. The topological polar surface area (TPSA) is 79.9 Å². The van der Waals surface area contributed by atoms with Crippen molar-refractivity contribution in [3.05, 3.63) is 18.2 Å². The molecule has 1 aliphatic carbocycles. The molecule has 2 amide bonds. The van der Waals surface area contributed by atoms with E-state index in [4.69, 9.17) is 9.47 Å². The summed E-state index contributed by atoms with van der Waals surface area (Å²) >= 11 is 0. The Labute approximate surface area is 174 Å². The Morgan fingerprint density at radius 1 is 1.03 bits per heavy atom. The molecule has 1 saturated carbocycles. The highest BCUT2D eigenvalue weighted by Gasteiger charge is 2.16. The molecule has 1 aliphatic rings. The zero-order valence-electron chi connectivity index (χ0n) is 18.0. The van der Waals surface area contributed by atoms with Crippen molar-refractivity contribution in [2.45, 2.75) is 58.4 Å². The quantitative estimate of drug-likeness (QED) is 0.591. The predicted octanol–water partition coefficient (Wildman–Crippen LogP) is 3.19. The van der Waals surface area contributed by atoms with E-state index in [0.717, 1.165) is 12.8 Å². The fourth-order valence-electron chi connectivity index (χ4n) is 3.49. The maximum atomic E-state index is 12.3. The van der Waals surface area contributed by atoms with Gasteiger partial charge in [-0.25, -0.2) is 0 Å². The van der Waals surface area contributed by atoms with Gasteiger partial charge in [-0.05, 0) is 45.9 Å². The standard InChI is InChI=1S/C22H35N3O4/c1-4-28-19-12-11-18(15-20(19)29-5-2)24-22(27)16-25(3)14-13-21(26)23-17-9-7-6-8-10-17/h11-12,15,17H,4-10,13-14,16H2,1-3H3,(H,23,26)(H,24,27). The lowest BCUT2D eigenvalue weighted by molar-refractivity contribution is -0.123. The molecule has 0 atom stereocenters. The van der Waals surface area contributed by atoms with Crippen LogP contribution in [0.15, 0.2) is 18.2 Å². The van der Waals surface area contributed by atoms with Gasteiger partial charge in [0.2, 0.25) is 11.8 Å². The van der Waals surface area contributed by atoms with E-state index in [2.05, 4.69) is 10.6 Å². The van der Waals surface area contributed by atoms with Gasteiger partial charge in [0.15, 0.2) is 11.5 Å². The third kappa shape index (κ3) is 8.31. The molecule has 7 heteroatoms. The first kappa shape index (κ1) is 23.0. The van der Waals surface area contributed by atoms with Gasteiger partial charge in [0, 0.05) is 30.8 Å². The third-order valence-corrected chi connectivity index (χ3v) is 4.93. The summed E-state index contributed by atoms with van der Waals surface area (Å²) in [5, 5.41) is 5.99. The van der Waals surface area contributed by atoms with Gasteiger partial charge in [-0.2, -0.15) is 0 Å². The average molecular weight is 406 g/mol. The van der Waals surface area contributed by atoms with Gasteiger partial charge in [-0.1, -0.05) is 19.3 Å². The molecule has 0 radical (unpaired) electrons. The molecule has 1 fully saturated rings. The summed E-state index contributed by atoms with van der Waals surface area (Å²) in [6.45, 7) is 5.64. The number of nitrogens with zero attached hydrogens (tertiary/aromatic N) is 1. The maximum Gasteiger partial charge on any atom is 0.238 e. The van der Waals surface area contributed by atoms with Crippen LogP contribution in [0.25, 0.3) is 0 Å². The number of carbonyl (C=O) groups is 2. The van der Waals surface area contributed by atoms with Crippen LogP contribution in [0, 0.1) is 0 Å². The molecule has 1 aromatic rings. The highest BCUT2D eigenvalue weighted by atomic mass is 16.5. The molecule has 0 bridgehead atoms. The first-order chi connectivity index (χ1) is 14.0. The normalized spacial score (nSPS) is 14.5. The fraction of sp³-hybridized carbons (Fsp3) is 0.636. The summed E-state index contributed by atoms with van der Waals surface area (Å²) in [5.74, 6) is 1.21. The SMILES string of the molecule is CCOc1ccc(NC(=O)CN(C)CCC(=O)NC2CCCCC2)cc1OCC. The van der Waals surface area contributed by atoms with Gasteiger partial charge in [0.05, 0.1) is 19.8 Å². The molecule has 1 aromatic carbocycles. The van der Waals surface area contributed by atoms with Gasteiger partial charge in [-0.3, -0.25) is 14.5 Å². The van der Waals surface area contributed by atoms with Crippen molar-refractivity contribution >= 4 is 17.5 Å². The number of hydrogen-bond acceptors (Lipinski definition) is 5. The van der Waals surface area contributed by atoms with Gasteiger partial charge < -0.3 is 20.1 Å². The van der Waals surface area contributed by atoms with E-state index in [-0.39, 0.29) is 18.4 Å². The lowest BCUT2D eigenvalue weighted by atomic mass is 9.95. The summed E-state index contributed by atoms with van der Waals surface area (Å²) < 4.78 is 11.1. The summed E-state index contributed by atoms with van der Waals surface area (Å²) in [6, 6.07) is 5.68. The third-order valence-electron chi connectivity index (χ3n) is 4.93. The molecule has 0 heterocycles. The van der Waals surface area contributed by atoms with E-state index in [1.807, 2.05) is 25.8 Å². The van der Waals surface area contributed by atoms with Crippen molar-refractivity contribution in [1.82, 2.24) is 10.2 Å². The Bertz CT molecular complexity index is 659. The zero-order valence-corrected chi connectivity index (χ0v) is 18.0. The van der Waals surface area contributed by atoms with Crippen LogP contribution in [0.2, 0.25) is 0 Å². The molecule has 29 heavy (non-hydrogen) atoms. The molecular weight excluding hydrogens is 370 g/mol. The monoisotopic (exact) mass is 405 g/mol. The van der Waals surface area contributed by atoms with Crippen LogP contribution < -0.4 is 20.1 Å². The Balaban J connectivity index is 1.76. The number of amides is 2. The van der Waals surface area contributed by atoms with Gasteiger partial charge in [0.25, 0.3) is 0 Å². The predicted molar refractivity (Wildman–Crippen MR) is 115 cm³/mol. The van der Waals surface area contributed by atoms with Gasteiger partial charge in [-0.15, -0.1) is 0 Å². The number of benzene rings is 1. The van der Waals surface area contributed by atoms with Crippen molar-refractivity contribution in [1.29, 1.82) is 0 Å². The van der Waals surface area contributed by atoms with Crippen molar-refractivity contribution in [2.24, 2.45) is 0 Å². The van der Waals surface area contributed by atoms with E-state index >= 15 is 0 Å². The Kier molecular flexibility index (Phi) is 9.77. The molecule has 162 valence electrons. The molecule has 2 rings (SSSR count). The van der Waals surface area contributed by atoms with Crippen molar-refractivity contribution in [3.63, 3.8) is 0 Å². The zero-order chi connectivity index (χ0) is 21.1. The van der Waals surface area contributed by atoms with E-state index in [9.17, 15) is 9.59 Å². The highest BCUT2D eigenvalue weighted by Crippen LogP contribution is 2.30. The number of likely N-dealkylation sites (N-methyl/N-ethyl adjacent to an activating group) is 1. The highest BCUT2D eigenvalue weighted by molar-refractivity contribution is 5.92. The number of anilines is 1. The summed E-state index contributed by atoms with van der Waals surface area (Å²) in [5.41, 5.74) is 0.658. The number of rotatable bonds is 11. The minimum Gasteiger partial charge on any atom is -0.490 e. The molecule has 7 nitrogen and oxygen atoms in total. The minimum atomic E-state index is -0.133. The number of nitrogens with one attached hydrogen (secondary N) is 2. The minimum absolute atomic E-state index is 0.0667. The largest absolute Gasteiger partial charge is 0.490 e. The maximum absolute atomic E-state index is 12.3. The summed E-state index contributed by atoms with van der Waals surface area (Å²) in [7, 11) is 1.84. The van der Waals surface area contributed by atoms with Crippen LogP contribution in [0.4, 0.5) is 5.69 Å². The van der Waals surface area contributed by atoms with Crippen LogP contribution in [0.5, 0.6) is 11.5 Å². The fourth-order valence-corrected chi connectivity index (χ4v) is 3.49. The smallest absolute Gasteiger partial charge is 0.238 e. The first-order valence-corrected chi connectivity index (χ1v) is 10.7. The molecule has 0 saturated heterocycles. The number of carbonyl (C=O) groups excluding carboxylic acids is 2. The van der Waals surface area contributed by atoms with Crippen LogP contribution in [0.3, 0.4) is 0 Å². The van der Waals surface area contributed by atoms with Gasteiger partial charge in [0.1, 0.15) is 0 Å². The number of hydrogen-bond donors (Lipinski definition) is 2. The Morgan fingerprint density at radius 3 is 2.41 bits per heavy atom. The molecule has 0 spiro atoms. The van der Waals surface area contributed by atoms with Crippen LogP contribution in [-0.4, -0.2) is 56.1 Å². The van der Waals surface area contributed by atoms with Crippen LogP contribution >= 0.6 is 0 Å². The average Bonchev–Trinajstić information content (AvgIpc) is 2.69. The van der Waals surface area contributed by atoms with Crippen molar-refractivity contribution < 1.29 is 19.1 Å². The summed E-state index contributed by atoms with van der Waals surface area (Å²) in [6.07, 6.45) is 6.22. The lowest BCUT2D eigenvalue weighted by Gasteiger charge is -2.23. The Morgan fingerprint density at radius 2 is 1.72 bits per heavy atom. The lowest BCUT2D eigenvalue weighted by Crippen LogP contribution is -2.38. The van der Waals surface area contributed by atoms with Gasteiger partial charge >= 0.3 is 0 Å². The second-order valence-electron chi connectivity index (χ2n) is 7.47.